The van der Waals surface area contributed by atoms with Crippen LogP contribution in [0.25, 0.3) is 0 Å². The van der Waals surface area contributed by atoms with Crippen LogP contribution in [0.3, 0.4) is 0 Å². The first-order chi connectivity index (χ1) is 28.6. The number of carbonyl (C=O) groups is 2. The van der Waals surface area contributed by atoms with E-state index in [1.807, 2.05) is 0 Å². The van der Waals surface area contributed by atoms with Crippen LogP contribution in [0.5, 0.6) is 0 Å². The second kappa shape index (κ2) is 48.7. The topological polar surface area (TPSA) is 61.8 Å². The number of allylic oxidation sites excluding steroid dienone is 12. The summed E-state index contributed by atoms with van der Waals surface area (Å²) in [6.07, 6.45) is 62.0. The number of ether oxygens (including phenoxy) is 3. The lowest BCUT2D eigenvalue weighted by Gasteiger charge is -2.18. The lowest BCUT2D eigenvalue weighted by atomic mass is 10.1. The quantitative estimate of drug-likeness (QED) is 0.0348. The summed E-state index contributed by atoms with van der Waals surface area (Å²) in [5.41, 5.74) is 0. The van der Waals surface area contributed by atoms with Crippen molar-refractivity contribution in [3.05, 3.63) is 72.9 Å². The van der Waals surface area contributed by atoms with Gasteiger partial charge in [-0.05, 0) is 83.5 Å². The van der Waals surface area contributed by atoms with Gasteiger partial charge < -0.3 is 14.2 Å². The van der Waals surface area contributed by atoms with E-state index >= 15 is 0 Å². The molecular weight excluding hydrogens is 717 g/mol. The van der Waals surface area contributed by atoms with Crippen molar-refractivity contribution in [2.75, 3.05) is 19.8 Å². The maximum Gasteiger partial charge on any atom is 0.306 e. The van der Waals surface area contributed by atoms with Crippen molar-refractivity contribution >= 4 is 11.9 Å². The van der Waals surface area contributed by atoms with Crippen molar-refractivity contribution in [1.29, 1.82) is 0 Å². The molecule has 0 bridgehead atoms. The molecule has 0 spiro atoms. The highest BCUT2D eigenvalue weighted by Gasteiger charge is 2.17. The van der Waals surface area contributed by atoms with Gasteiger partial charge in [0.25, 0.3) is 0 Å². The monoisotopic (exact) mass is 809 g/mol. The number of hydrogen-bond donors (Lipinski definition) is 0. The van der Waals surface area contributed by atoms with E-state index in [1.165, 1.54) is 103 Å². The largest absolute Gasteiger partial charge is 0.462 e. The van der Waals surface area contributed by atoms with Gasteiger partial charge in [0.1, 0.15) is 6.61 Å². The third-order valence-corrected chi connectivity index (χ3v) is 10.2. The summed E-state index contributed by atoms with van der Waals surface area (Å²) >= 11 is 0. The zero-order valence-corrected chi connectivity index (χ0v) is 38.3. The predicted octanol–water partition coefficient (Wildman–Crippen LogP) is 16.3. The third kappa shape index (κ3) is 46.0. The standard InChI is InChI=1S/C53H92O5/c1-4-7-10-13-16-18-20-22-24-26-28-30-32-34-36-39-42-45-48-56-49-51(58-53(55)47-44-41-37-15-12-9-6-3)50-57-52(54)46-43-40-38-35-33-31-29-27-25-23-21-19-17-14-11-8-5-2/h7-8,10-11,16-19,22-25,51H,4-6,9,12-15,20-21,26-50H2,1-3H3/b10-7-,11-8-,18-16-,19-17-,24-22-,25-23-. The Kier molecular flexibility index (Phi) is 46.5. The van der Waals surface area contributed by atoms with Crippen LogP contribution in [0.4, 0.5) is 0 Å². The van der Waals surface area contributed by atoms with E-state index in [-0.39, 0.29) is 25.2 Å². The van der Waals surface area contributed by atoms with E-state index in [0.29, 0.717) is 19.4 Å². The van der Waals surface area contributed by atoms with Crippen LogP contribution in [0, 0.1) is 0 Å². The van der Waals surface area contributed by atoms with Gasteiger partial charge in [-0.25, -0.2) is 0 Å². The predicted molar refractivity (Wildman–Crippen MR) is 251 cm³/mol. The van der Waals surface area contributed by atoms with Crippen molar-refractivity contribution in [2.24, 2.45) is 0 Å². The lowest BCUT2D eigenvalue weighted by molar-refractivity contribution is -0.163. The fourth-order valence-corrected chi connectivity index (χ4v) is 6.66. The molecule has 1 unspecified atom stereocenters. The molecule has 0 saturated carbocycles. The second-order valence-electron chi connectivity index (χ2n) is 16.0. The highest BCUT2D eigenvalue weighted by molar-refractivity contribution is 5.70. The van der Waals surface area contributed by atoms with E-state index in [9.17, 15) is 9.59 Å². The summed E-state index contributed by atoms with van der Waals surface area (Å²) in [5, 5.41) is 0. The average Bonchev–Trinajstić information content (AvgIpc) is 3.22. The smallest absolute Gasteiger partial charge is 0.306 e. The minimum Gasteiger partial charge on any atom is -0.462 e. The Morgan fingerprint density at radius 2 is 0.776 bits per heavy atom. The maximum absolute atomic E-state index is 12.7. The fraction of sp³-hybridized carbons (Fsp3) is 0.736. The van der Waals surface area contributed by atoms with Crippen LogP contribution in [-0.2, 0) is 23.8 Å². The van der Waals surface area contributed by atoms with Gasteiger partial charge in [-0.3, -0.25) is 9.59 Å². The molecule has 0 aliphatic rings. The molecule has 0 radical (unpaired) electrons. The molecule has 0 amide bonds. The van der Waals surface area contributed by atoms with Gasteiger partial charge >= 0.3 is 11.9 Å². The number of rotatable bonds is 44. The van der Waals surface area contributed by atoms with Crippen LogP contribution in [0.2, 0.25) is 0 Å². The zero-order chi connectivity index (χ0) is 42.1. The molecule has 0 aromatic carbocycles. The Hall–Kier alpha value is -2.66. The Morgan fingerprint density at radius 3 is 1.24 bits per heavy atom. The second-order valence-corrected chi connectivity index (χ2v) is 16.0. The van der Waals surface area contributed by atoms with Gasteiger partial charge in [-0.1, -0.05) is 203 Å². The fourth-order valence-electron chi connectivity index (χ4n) is 6.66. The molecule has 0 aliphatic heterocycles. The normalized spacial score (nSPS) is 12.8. The van der Waals surface area contributed by atoms with Gasteiger partial charge in [0.2, 0.25) is 0 Å². The van der Waals surface area contributed by atoms with Crippen LogP contribution >= 0.6 is 0 Å². The number of unbranched alkanes of at least 4 members (excludes halogenated alkanes) is 21. The first-order valence-corrected chi connectivity index (χ1v) is 24.5. The van der Waals surface area contributed by atoms with Crippen LogP contribution in [0.1, 0.15) is 226 Å². The van der Waals surface area contributed by atoms with Crippen LogP contribution in [-0.4, -0.2) is 37.9 Å². The SMILES string of the molecule is CC/C=C\C/C=C\C/C=C\CCCCCCCCCCOCC(COC(=O)CCCCCCCCC/C=C\C/C=C\C/C=C\CC)OC(=O)CCCCCCCCC. The highest BCUT2D eigenvalue weighted by atomic mass is 16.6. The molecule has 0 N–H and O–H groups in total. The number of carbonyl (C=O) groups excluding carboxylic acids is 2. The summed E-state index contributed by atoms with van der Waals surface area (Å²) in [4.78, 5) is 25.2. The Balaban J connectivity index is 4.15. The highest BCUT2D eigenvalue weighted by Crippen LogP contribution is 2.14. The minimum atomic E-state index is -0.542. The van der Waals surface area contributed by atoms with Gasteiger partial charge in [-0.15, -0.1) is 0 Å². The van der Waals surface area contributed by atoms with E-state index < -0.39 is 6.10 Å². The third-order valence-electron chi connectivity index (χ3n) is 10.2. The van der Waals surface area contributed by atoms with Crippen molar-refractivity contribution in [1.82, 2.24) is 0 Å². The van der Waals surface area contributed by atoms with Gasteiger partial charge in [0, 0.05) is 19.4 Å². The van der Waals surface area contributed by atoms with Crippen molar-refractivity contribution in [2.45, 2.75) is 232 Å². The summed E-state index contributed by atoms with van der Waals surface area (Å²) in [7, 11) is 0. The molecule has 334 valence electrons. The molecule has 0 fully saturated rings. The molecule has 0 heterocycles. The molecular formula is C53H92O5. The molecule has 0 aliphatic carbocycles. The molecule has 58 heavy (non-hydrogen) atoms. The van der Waals surface area contributed by atoms with Crippen LogP contribution in [0.15, 0.2) is 72.9 Å². The van der Waals surface area contributed by atoms with Crippen molar-refractivity contribution in [3.63, 3.8) is 0 Å². The molecule has 0 saturated heterocycles. The number of esters is 2. The Labute approximate surface area is 359 Å². The molecule has 0 aromatic heterocycles. The van der Waals surface area contributed by atoms with Gasteiger partial charge in [0.05, 0.1) is 6.61 Å². The lowest BCUT2D eigenvalue weighted by Crippen LogP contribution is -2.30. The summed E-state index contributed by atoms with van der Waals surface area (Å²) in [6, 6.07) is 0. The number of hydrogen-bond acceptors (Lipinski definition) is 5. The zero-order valence-electron chi connectivity index (χ0n) is 38.3. The Morgan fingerprint density at radius 1 is 0.397 bits per heavy atom. The summed E-state index contributed by atoms with van der Waals surface area (Å²) in [5.74, 6) is -0.417. The molecule has 0 aromatic rings. The summed E-state index contributed by atoms with van der Waals surface area (Å²) in [6.45, 7) is 7.55. The van der Waals surface area contributed by atoms with Gasteiger partial charge in [-0.2, -0.15) is 0 Å². The first kappa shape index (κ1) is 55.3. The molecule has 5 nitrogen and oxygen atoms in total. The van der Waals surface area contributed by atoms with E-state index in [4.69, 9.17) is 14.2 Å². The first-order valence-electron chi connectivity index (χ1n) is 24.5. The van der Waals surface area contributed by atoms with E-state index in [1.54, 1.807) is 0 Å². The van der Waals surface area contributed by atoms with Crippen LogP contribution < -0.4 is 0 Å². The molecule has 5 heteroatoms. The summed E-state index contributed by atoms with van der Waals surface area (Å²) < 4.78 is 17.3. The van der Waals surface area contributed by atoms with Crippen molar-refractivity contribution in [3.8, 4) is 0 Å². The van der Waals surface area contributed by atoms with Gasteiger partial charge in [0.15, 0.2) is 6.10 Å². The van der Waals surface area contributed by atoms with Crippen molar-refractivity contribution < 1.29 is 23.8 Å². The molecule has 0 rings (SSSR count). The van der Waals surface area contributed by atoms with E-state index in [0.717, 1.165) is 89.9 Å². The minimum absolute atomic E-state index is 0.0758. The van der Waals surface area contributed by atoms with E-state index in [2.05, 4.69) is 93.7 Å². The Bertz CT molecular complexity index is 1050. The molecule has 1 atom stereocenters. The maximum atomic E-state index is 12.7. The average molecular weight is 809 g/mol.